The predicted octanol–water partition coefficient (Wildman–Crippen LogP) is 23.1. The first-order chi connectivity index (χ1) is 53.3. The van der Waals surface area contributed by atoms with Gasteiger partial charge in [-0.2, -0.15) is 35.0 Å². The van der Waals surface area contributed by atoms with Crippen LogP contribution in [-0.2, 0) is 14.1 Å². The van der Waals surface area contributed by atoms with Crippen LogP contribution >= 0.6 is 45.9 Å². The number of H-pyrrole nitrogens is 5. The van der Waals surface area contributed by atoms with Crippen molar-refractivity contribution in [3.63, 3.8) is 0 Å². The van der Waals surface area contributed by atoms with Gasteiger partial charge in [0.15, 0.2) is 0 Å². The van der Waals surface area contributed by atoms with Crippen LogP contribution in [0.2, 0.25) is 0 Å². The number of aryl methyl sites for hydroxylation is 16. The van der Waals surface area contributed by atoms with Crippen LogP contribution in [0.4, 0.5) is 0 Å². The van der Waals surface area contributed by atoms with Gasteiger partial charge in [-0.3, -0.25) is 30.2 Å². The van der Waals surface area contributed by atoms with Crippen molar-refractivity contribution in [3.8, 4) is 0 Å². The van der Waals surface area contributed by atoms with E-state index < -0.39 is 0 Å². The number of rotatable bonds is 0. The molecule has 14 aromatic heterocycles. The van der Waals surface area contributed by atoms with Crippen LogP contribution in [0, 0.1) is 96.9 Å². The van der Waals surface area contributed by atoms with Gasteiger partial charge in [0.25, 0.3) is 0 Å². The highest BCUT2D eigenvalue weighted by Gasteiger charge is 1.90. The van der Waals surface area contributed by atoms with Gasteiger partial charge in [0.05, 0.1) is 24.3 Å². The zero-order chi connectivity index (χ0) is 87.4. The maximum atomic E-state index is 4.86. The van der Waals surface area contributed by atoms with Gasteiger partial charge in [-0.25, -0.2) is 18.7 Å². The summed E-state index contributed by atoms with van der Waals surface area (Å²) >= 11 is 6.13. The average molecular weight is 1610 g/mol. The van der Waals surface area contributed by atoms with E-state index in [-0.39, 0.29) is 0 Å². The lowest BCUT2D eigenvalue weighted by atomic mass is 10.4. The summed E-state index contributed by atoms with van der Waals surface area (Å²) in [6.07, 6.45) is 25.5. The minimum Gasteiger partial charge on any atom is -0.426 e. The summed E-state index contributed by atoms with van der Waals surface area (Å²) in [6.45, 7) is 74.9. The normalized spacial score (nSPS) is 7.64. The Balaban J connectivity index is -0.0000000921. The Labute approximate surface area is 680 Å². The molecular weight excluding hydrogens is 1470 g/mol. The first-order valence-corrected chi connectivity index (χ1v) is 40.7. The third-order valence-electron chi connectivity index (χ3n) is 8.22. The maximum Gasteiger partial charge on any atom is 0.213 e. The molecule has 33 heteroatoms. The minimum atomic E-state index is 0.623. The highest BCUT2D eigenvalue weighted by atomic mass is 32.1. The van der Waals surface area contributed by atoms with E-state index in [9.17, 15) is 0 Å². The number of aromatic amines is 5. The molecular formula is C77H148N26O3S4. The van der Waals surface area contributed by atoms with Crippen molar-refractivity contribution >= 4 is 45.9 Å². The fraction of sp³-hybridized carbons (Fsp3) is 0.519. The molecule has 0 radical (unpaired) electrons. The molecule has 110 heavy (non-hydrogen) atoms. The molecule has 0 unspecified atom stereocenters. The number of hydrogen-bond donors (Lipinski definition) is 5. The summed E-state index contributed by atoms with van der Waals surface area (Å²) in [4.78, 5) is 8.77. The van der Waals surface area contributed by atoms with Crippen molar-refractivity contribution in [2.75, 3.05) is 0 Å². The minimum absolute atomic E-state index is 0.623. The van der Waals surface area contributed by atoms with E-state index in [1.54, 1.807) is 103 Å². The van der Waals surface area contributed by atoms with Crippen molar-refractivity contribution in [2.45, 2.75) is 263 Å². The number of nitrogens with zero attached hydrogens (tertiary/aromatic N) is 21. The van der Waals surface area contributed by atoms with E-state index in [2.05, 4.69) is 129 Å². The van der Waals surface area contributed by atoms with E-state index in [1.165, 1.54) is 63.3 Å². The van der Waals surface area contributed by atoms with Gasteiger partial charge >= 0.3 is 0 Å². The monoisotopic (exact) mass is 1610 g/mol. The Kier molecular flexibility index (Phi) is 130. The maximum absolute atomic E-state index is 4.86. The van der Waals surface area contributed by atoms with Gasteiger partial charge in [0.1, 0.15) is 59.0 Å². The summed E-state index contributed by atoms with van der Waals surface area (Å²) in [6, 6.07) is 11.5. The molecule has 14 rings (SSSR count). The summed E-state index contributed by atoms with van der Waals surface area (Å²) in [5.74, 6) is 3.81. The number of hydrogen-bond acceptors (Lipinski definition) is 26. The second-order valence-electron chi connectivity index (χ2n) is 16.7. The third kappa shape index (κ3) is 109. The molecule has 0 amide bonds. The SMILES string of the molecule is CC.CC.CC.CC.CC.CC.CC.CC.CC.CC.CC.CC.Cc1ccn[nH]1.Cc1ccn[nH]1.Cc1ccno1.Cc1ccns1.Cc1ccsn1.Cc1cn[nH]c1.Cc1cnoc1.Cc1cnsc1.Cc1ncn[nH]1.Cc1ncn[nH]1.Cc1nnc(C)o1.Cc1nnc(C)s1.Cn1cccn1.Cn1cnnc1. The zero-order valence-electron chi connectivity index (χ0n) is 75.0. The molecule has 0 saturated heterocycles. The third-order valence-corrected chi connectivity index (χ3v) is 11.0. The van der Waals surface area contributed by atoms with Gasteiger partial charge in [-0.1, -0.05) is 176 Å². The zero-order valence-corrected chi connectivity index (χ0v) is 78.3. The lowest BCUT2D eigenvalue weighted by Crippen LogP contribution is -1.83. The van der Waals surface area contributed by atoms with Gasteiger partial charge in [-0.15, -0.1) is 41.9 Å². The van der Waals surface area contributed by atoms with Crippen LogP contribution in [0.1, 0.15) is 244 Å². The van der Waals surface area contributed by atoms with Crippen molar-refractivity contribution in [1.82, 2.24) is 129 Å². The molecule has 0 aliphatic rings. The van der Waals surface area contributed by atoms with Crippen LogP contribution in [-0.4, -0.2) is 129 Å². The fourth-order valence-corrected chi connectivity index (χ4v) is 6.30. The Morgan fingerprint density at radius 2 is 0.927 bits per heavy atom. The number of nitrogens with one attached hydrogen (secondary N) is 5. The molecule has 0 saturated carbocycles. The number of aromatic nitrogens is 26. The summed E-state index contributed by atoms with van der Waals surface area (Å²) in [5.41, 5.74) is 6.81. The van der Waals surface area contributed by atoms with Crippen molar-refractivity contribution in [2.24, 2.45) is 14.1 Å². The molecule has 0 atom stereocenters. The second-order valence-corrected chi connectivity index (χ2v) is 20.4. The second kappa shape index (κ2) is 113. The molecule has 0 fully saturated rings. The molecule has 14 aromatic rings. The highest BCUT2D eigenvalue weighted by Crippen LogP contribution is 2.04. The van der Waals surface area contributed by atoms with Gasteiger partial charge < -0.3 is 18.0 Å². The first kappa shape index (κ1) is 127. The Bertz CT molecular complexity index is 2670. The Morgan fingerprint density at radius 1 is 0.436 bits per heavy atom. The molecule has 0 aliphatic heterocycles. The molecule has 0 spiro atoms. The molecule has 628 valence electrons. The molecule has 0 aliphatic carbocycles. The Hall–Kier alpha value is -9.73. The van der Waals surface area contributed by atoms with Crippen molar-refractivity contribution < 1.29 is 13.5 Å². The van der Waals surface area contributed by atoms with E-state index in [4.69, 9.17) is 4.42 Å². The summed E-state index contributed by atoms with van der Waals surface area (Å²) in [5, 5.41) is 70.3. The topological polar surface area (TPSA) is 373 Å². The van der Waals surface area contributed by atoms with Gasteiger partial charge in [-0.05, 0) is 159 Å². The van der Waals surface area contributed by atoms with Crippen molar-refractivity contribution in [3.05, 3.63) is 219 Å². The highest BCUT2D eigenvalue weighted by molar-refractivity contribution is 7.11. The van der Waals surface area contributed by atoms with Crippen LogP contribution in [0.3, 0.4) is 0 Å². The van der Waals surface area contributed by atoms with Crippen LogP contribution in [0.5, 0.6) is 0 Å². The smallest absolute Gasteiger partial charge is 0.213 e. The predicted molar refractivity (Wildman–Crippen MR) is 469 cm³/mol. The van der Waals surface area contributed by atoms with Crippen molar-refractivity contribution in [1.29, 1.82) is 0 Å². The Morgan fingerprint density at radius 3 is 1.04 bits per heavy atom. The molecule has 0 bridgehead atoms. The molecule has 14 heterocycles. The summed E-state index contributed by atoms with van der Waals surface area (Å²) in [7, 11) is 3.76. The largest absolute Gasteiger partial charge is 0.426 e. The molecule has 0 aromatic carbocycles. The molecule has 5 N–H and O–H groups in total. The van der Waals surface area contributed by atoms with Crippen LogP contribution < -0.4 is 0 Å². The van der Waals surface area contributed by atoms with E-state index in [0.29, 0.717) is 11.8 Å². The summed E-state index contributed by atoms with van der Waals surface area (Å²) < 4.78 is 29.1. The van der Waals surface area contributed by atoms with E-state index in [0.717, 1.165) is 50.1 Å². The lowest BCUT2D eigenvalue weighted by Gasteiger charge is -1.77. The quantitative estimate of drug-likeness (QED) is 0.0941. The fourth-order valence-electron chi connectivity index (χ4n) is 4.23. The standard InChI is InChI=1S/C4H6N2O.C4H6N2S.4C4H6N2.2C4H5NO.3C4H5NS.3C3H5N3.12C2H6/c2*1-3-5-6-4(2)7-3;1-4-2-5-6-3-4;1-6-4-2-3-5-6;2*1-4-2-3-5-6-4;1-4-2-5-6-3-4;1-4-2-3-5-6-4;1-4-2-5-6-3-4;1-4-2-3-6-5-4;1-4-2-3-5-6-4;1-6-2-4-5-3-6;2*1-3-4-2-5-6-3;12*1-2/h2*1-2H3;2-3H,1H3,(H,5,6);2-4H,1H3;2*2-3H,1H3,(H,5,6);6*2-3H,1H3;2*2H,1H3,(H,4,5,6);12*1-2H3. The van der Waals surface area contributed by atoms with Crippen LogP contribution in [0.15, 0.2) is 154 Å². The van der Waals surface area contributed by atoms with E-state index in [1.807, 2.05) is 323 Å². The van der Waals surface area contributed by atoms with Gasteiger partial charge in [0.2, 0.25) is 11.8 Å². The first-order valence-electron chi connectivity index (χ1n) is 37.4. The molecule has 29 nitrogen and oxygen atoms in total. The van der Waals surface area contributed by atoms with Gasteiger partial charge in [0, 0.05) is 110 Å². The average Bonchev–Trinajstić information content (AvgIpc) is 1.84. The lowest BCUT2D eigenvalue weighted by molar-refractivity contribution is 0.397. The van der Waals surface area contributed by atoms with Crippen LogP contribution in [0.25, 0.3) is 0 Å². The van der Waals surface area contributed by atoms with E-state index >= 15 is 0 Å².